The van der Waals surface area contributed by atoms with Crippen LogP contribution in [-0.2, 0) is 4.79 Å². The van der Waals surface area contributed by atoms with Crippen LogP contribution in [0.2, 0.25) is 0 Å². The molecule has 2 aliphatic rings. The van der Waals surface area contributed by atoms with Gasteiger partial charge in [0.05, 0.1) is 36.0 Å². The number of nitrogens with zero attached hydrogens (tertiary/aromatic N) is 5. The molecule has 8 nitrogen and oxygen atoms in total. The summed E-state index contributed by atoms with van der Waals surface area (Å²) in [7, 11) is 0. The molecule has 9 heteroatoms. The Kier molecular flexibility index (Phi) is 4.43. The zero-order valence-electron chi connectivity index (χ0n) is 17.0. The van der Waals surface area contributed by atoms with E-state index in [2.05, 4.69) is 25.6 Å². The van der Waals surface area contributed by atoms with Crippen molar-refractivity contribution >= 4 is 23.2 Å². The summed E-state index contributed by atoms with van der Waals surface area (Å²) in [6.07, 6.45) is 5.08. The fourth-order valence-electron chi connectivity index (χ4n) is 4.03. The normalized spacial score (nSPS) is 23.4. The number of imidazole rings is 1. The SMILES string of the molecule is CC1(C)CCN(c2cn3c(-c4cccc(NC5CNCC5F)n4)cnc3cn2)C1=O. The predicted molar refractivity (Wildman–Crippen MR) is 112 cm³/mol. The van der Waals surface area contributed by atoms with E-state index in [9.17, 15) is 9.18 Å². The van der Waals surface area contributed by atoms with E-state index >= 15 is 0 Å². The van der Waals surface area contributed by atoms with Gasteiger partial charge < -0.3 is 10.6 Å². The molecule has 3 aromatic rings. The van der Waals surface area contributed by atoms with Gasteiger partial charge in [0.15, 0.2) is 11.5 Å². The summed E-state index contributed by atoms with van der Waals surface area (Å²) < 4.78 is 15.8. The van der Waals surface area contributed by atoms with E-state index in [1.807, 2.05) is 42.6 Å². The number of anilines is 2. The second-order valence-electron chi connectivity index (χ2n) is 8.54. The molecule has 2 atom stereocenters. The van der Waals surface area contributed by atoms with Gasteiger partial charge in [-0.2, -0.15) is 0 Å². The highest BCUT2D eigenvalue weighted by molar-refractivity contribution is 5.98. The molecule has 2 unspecified atom stereocenters. The van der Waals surface area contributed by atoms with E-state index in [1.54, 1.807) is 17.3 Å². The molecule has 2 fully saturated rings. The van der Waals surface area contributed by atoms with Gasteiger partial charge in [0, 0.05) is 25.0 Å². The van der Waals surface area contributed by atoms with Gasteiger partial charge in [0.25, 0.3) is 0 Å². The van der Waals surface area contributed by atoms with Crippen LogP contribution in [0, 0.1) is 5.41 Å². The molecule has 156 valence electrons. The van der Waals surface area contributed by atoms with Crippen LogP contribution in [0.25, 0.3) is 17.0 Å². The lowest BCUT2D eigenvalue weighted by molar-refractivity contribution is -0.124. The van der Waals surface area contributed by atoms with E-state index in [1.165, 1.54) is 0 Å². The van der Waals surface area contributed by atoms with Crippen molar-refractivity contribution < 1.29 is 9.18 Å². The molecule has 1 amide bonds. The summed E-state index contributed by atoms with van der Waals surface area (Å²) in [6.45, 7) is 5.48. The number of carbonyl (C=O) groups is 1. The second-order valence-corrected chi connectivity index (χ2v) is 8.54. The highest BCUT2D eigenvalue weighted by atomic mass is 19.1. The lowest BCUT2D eigenvalue weighted by atomic mass is 9.92. The van der Waals surface area contributed by atoms with Crippen LogP contribution in [0.3, 0.4) is 0 Å². The van der Waals surface area contributed by atoms with Crippen LogP contribution >= 0.6 is 0 Å². The molecule has 0 saturated carbocycles. The summed E-state index contributed by atoms with van der Waals surface area (Å²) in [5.74, 6) is 1.29. The van der Waals surface area contributed by atoms with Crippen molar-refractivity contribution in [1.82, 2.24) is 24.7 Å². The fourth-order valence-corrected chi connectivity index (χ4v) is 4.03. The smallest absolute Gasteiger partial charge is 0.233 e. The minimum absolute atomic E-state index is 0.0753. The number of pyridine rings is 1. The first-order valence-electron chi connectivity index (χ1n) is 10.2. The average Bonchev–Trinajstić information content (AvgIpc) is 3.40. The largest absolute Gasteiger partial charge is 0.363 e. The Bertz CT molecular complexity index is 1110. The van der Waals surface area contributed by atoms with Crippen molar-refractivity contribution in [2.75, 3.05) is 29.9 Å². The van der Waals surface area contributed by atoms with Crippen molar-refractivity contribution in [1.29, 1.82) is 0 Å². The standard InChI is InChI=1S/C21H24FN7O/c1-21(2)6-7-28(20(21)30)19-12-29-16(10-24-18(29)11-25-19)14-4-3-5-17(26-14)27-15-9-23-8-13(15)22/h3-5,10-13,15,23H,6-9H2,1-2H3,(H,26,27). The number of hydrogen-bond acceptors (Lipinski definition) is 6. The zero-order valence-corrected chi connectivity index (χ0v) is 17.0. The van der Waals surface area contributed by atoms with E-state index in [0.29, 0.717) is 42.6 Å². The van der Waals surface area contributed by atoms with E-state index in [-0.39, 0.29) is 17.4 Å². The molecule has 0 aromatic carbocycles. The Morgan fingerprint density at radius 1 is 1.23 bits per heavy atom. The van der Waals surface area contributed by atoms with Crippen molar-refractivity contribution in [3.05, 3.63) is 36.8 Å². The monoisotopic (exact) mass is 409 g/mol. The number of halogens is 1. The topological polar surface area (TPSA) is 87.4 Å². The molecule has 2 aliphatic heterocycles. The number of alkyl halides is 1. The number of fused-ring (bicyclic) bond motifs is 1. The summed E-state index contributed by atoms with van der Waals surface area (Å²) >= 11 is 0. The van der Waals surface area contributed by atoms with Crippen LogP contribution in [0.5, 0.6) is 0 Å². The summed E-state index contributed by atoms with van der Waals surface area (Å²) in [6, 6.07) is 5.30. The fraction of sp³-hybridized carbons (Fsp3) is 0.429. The van der Waals surface area contributed by atoms with Gasteiger partial charge in [-0.05, 0) is 18.6 Å². The molecule has 0 aliphatic carbocycles. The van der Waals surface area contributed by atoms with Crippen molar-refractivity contribution in [2.45, 2.75) is 32.5 Å². The molecule has 3 aromatic heterocycles. The lowest BCUT2D eigenvalue weighted by Gasteiger charge is -2.19. The first-order chi connectivity index (χ1) is 14.4. The molecular weight excluding hydrogens is 385 g/mol. The van der Waals surface area contributed by atoms with Crippen LogP contribution in [0.4, 0.5) is 16.0 Å². The van der Waals surface area contributed by atoms with E-state index in [4.69, 9.17) is 0 Å². The van der Waals surface area contributed by atoms with Crippen LogP contribution in [0.1, 0.15) is 20.3 Å². The molecule has 0 radical (unpaired) electrons. The highest BCUT2D eigenvalue weighted by Gasteiger charge is 2.40. The Morgan fingerprint density at radius 2 is 2.10 bits per heavy atom. The minimum Gasteiger partial charge on any atom is -0.363 e. The molecular formula is C21H24FN7O. The Hall–Kier alpha value is -3.07. The maximum Gasteiger partial charge on any atom is 0.233 e. The molecule has 0 bridgehead atoms. The minimum atomic E-state index is -0.942. The molecule has 30 heavy (non-hydrogen) atoms. The molecule has 2 saturated heterocycles. The van der Waals surface area contributed by atoms with Gasteiger partial charge >= 0.3 is 0 Å². The maximum atomic E-state index is 13.9. The quantitative estimate of drug-likeness (QED) is 0.688. The Balaban J connectivity index is 1.48. The third kappa shape index (κ3) is 3.19. The van der Waals surface area contributed by atoms with E-state index in [0.717, 1.165) is 12.1 Å². The first-order valence-corrected chi connectivity index (χ1v) is 10.2. The second kappa shape index (κ2) is 7.02. The number of aromatic nitrogens is 4. The Labute approximate surface area is 173 Å². The highest BCUT2D eigenvalue weighted by Crippen LogP contribution is 2.33. The summed E-state index contributed by atoms with van der Waals surface area (Å²) in [5, 5.41) is 6.20. The average molecular weight is 409 g/mol. The maximum absolute atomic E-state index is 13.9. The molecule has 2 N–H and O–H groups in total. The Morgan fingerprint density at radius 3 is 2.83 bits per heavy atom. The number of nitrogens with one attached hydrogen (secondary N) is 2. The van der Waals surface area contributed by atoms with Gasteiger partial charge in [-0.25, -0.2) is 19.3 Å². The molecule has 5 rings (SSSR count). The van der Waals surface area contributed by atoms with Gasteiger partial charge in [0.2, 0.25) is 5.91 Å². The van der Waals surface area contributed by atoms with Crippen LogP contribution < -0.4 is 15.5 Å². The summed E-state index contributed by atoms with van der Waals surface area (Å²) in [5.41, 5.74) is 1.78. The van der Waals surface area contributed by atoms with Crippen LogP contribution in [-0.4, -0.2) is 57.1 Å². The number of amides is 1. The van der Waals surface area contributed by atoms with E-state index < -0.39 is 6.17 Å². The summed E-state index contributed by atoms with van der Waals surface area (Å²) in [4.78, 5) is 28.0. The van der Waals surface area contributed by atoms with Gasteiger partial charge in [-0.1, -0.05) is 19.9 Å². The third-order valence-electron chi connectivity index (χ3n) is 5.93. The molecule has 0 spiro atoms. The predicted octanol–water partition coefficient (Wildman–Crippen LogP) is 2.28. The van der Waals surface area contributed by atoms with Crippen molar-refractivity contribution in [3.8, 4) is 11.4 Å². The number of rotatable bonds is 4. The third-order valence-corrected chi connectivity index (χ3v) is 5.93. The van der Waals surface area contributed by atoms with Crippen molar-refractivity contribution in [3.63, 3.8) is 0 Å². The first kappa shape index (κ1) is 18.9. The number of hydrogen-bond donors (Lipinski definition) is 2. The van der Waals surface area contributed by atoms with Crippen LogP contribution in [0.15, 0.2) is 36.8 Å². The number of carbonyl (C=O) groups excluding carboxylic acids is 1. The zero-order chi connectivity index (χ0) is 20.9. The lowest BCUT2D eigenvalue weighted by Crippen LogP contribution is -2.31. The van der Waals surface area contributed by atoms with Gasteiger partial charge in [0.1, 0.15) is 12.0 Å². The van der Waals surface area contributed by atoms with Gasteiger partial charge in [-0.3, -0.25) is 14.1 Å². The van der Waals surface area contributed by atoms with Crippen molar-refractivity contribution in [2.24, 2.45) is 5.41 Å². The van der Waals surface area contributed by atoms with Gasteiger partial charge in [-0.15, -0.1) is 0 Å². The molecule has 5 heterocycles.